The summed E-state index contributed by atoms with van der Waals surface area (Å²) in [5.74, 6) is 1.88. The fourth-order valence-electron chi connectivity index (χ4n) is 6.33. The summed E-state index contributed by atoms with van der Waals surface area (Å²) in [7, 11) is 0. The topological polar surface area (TPSA) is 23.6 Å². The van der Waals surface area contributed by atoms with E-state index in [0.717, 1.165) is 30.9 Å². The normalized spacial score (nSPS) is 40.1. The van der Waals surface area contributed by atoms with E-state index in [0.29, 0.717) is 21.9 Å². The summed E-state index contributed by atoms with van der Waals surface area (Å²) in [5, 5.41) is 5.10. The van der Waals surface area contributed by atoms with Crippen molar-refractivity contribution in [2.24, 2.45) is 17.8 Å². The highest BCUT2D eigenvalue weighted by Crippen LogP contribution is 2.61. The maximum atomic E-state index is 13.1. The van der Waals surface area contributed by atoms with E-state index in [1.54, 1.807) is 6.07 Å². The van der Waals surface area contributed by atoms with E-state index in [1.807, 2.05) is 31.0 Å². The minimum atomic E-state index is -0.609. The molecular weight excluding hydrogens is 391 g/mol. The largest absolute Gasteiger partial charge is 0.270 e. The Morgan fingerprint density at radius 1 is 1.08 bits per heavy atom. The Hall–Kier alpha value is -0.640. The van der Waals surface area contributed by atoms with Crippen LogP contribution >= 0.6 is 34.8 Å². The van der Waals surface area contributed by atoms with E-state index in [1.165, 1.54) is 12.8 Å². The monoisotopic (exact) mass is 412 g/mol. The van der Waals surface area contributed by atoms with E-state index in [2.05, 4.69) is 5.01 Å². The van der Waals surface area contributed by atoms with Crippen molar-refractivity contribution >= 4 is 46.4 Å². The second-order valence-electron chi connectivity index (χ2n) is 9.20. The van der Waals surface area contributed by atoms with Crippen molar-refractivity contribution in [2.75, 3.05) is 5.01 Å². The molecule has 140 valence electrons. The molecule has 4 bridgehead atoms. The molecule has 4 saturated carbocycles. The van der Waals surface area contributed by atoms with Gasteiger partial charge in [-0.1, -0.05) is 29.3 Å². The lowest BCUT2D eigenvalue weighted by Crippen LogP contribution is -2.80. The lowest BCUT2D eigenvalue weighted by atomic mass is 9.53. The van der Waals surface area contributed by atoms with Crippen LogP contribution in [0.25, 0.3) is 0 Å². The van der Waals surface area contributed by atoms with Crippen LogP contribution in [0.1, 0.15) is 46.0 Å². The molecule has 5 aliphatic rings. The molecule has 4 aliphatic carbocycles. The van der Waals surface area contributed by atoms with E-state index in [4.69, 9.17) is 34.8 Å². The van der Waals surface area contributed by atoms with Crippen molar-refractivity contribution in [3.63, 3.8) is 0 Å². The molecule has 6 rings (SSSR count). The number of benzene rings is 1. The smallest absolute Gasteiger partial charge is 0.268 e. The van der Waals surface area contributed by atoms with Gasteiger partial charge in [-0.05, 0) is 75.8 Å². The summed E-state index contributed by atoms with van der Waals surface area (Å²) in [6.07, 6.45) is 5.58. The number of hydrazine groups is 1. The molecule has 1 aromatic rings. The van der Waals surface area contributed by atoms with Gasteiger partial charge in [0, 0.05) is 4.87 Å². The van der Waals surface area contributed by atoms with Gasteiger partial charge in [-0.2, -0.15) is 0 Å². The van der Waals surface area contributed by atoms with Crippen molar-refractivity contribution in [3.8, 4) is 0 Å². The third-order valence-electron chi connectivity index (χ3n) is 7.07. The number of anilines is 1. The highest BCUT2D eigenvalue weighted by Gasteiger charge is 2.63. The Morgan fingerprint density at radius 2 is 1.73 bits per heavy atom. The molecule has 2 unspecified atom stereocenters. The number of alkyl halides is 1. The van der Waals surface area contributed by atoms with Crippen LogP contribution in [0.4, 0.5) is 5.69 Å². The molecular formula is C20H23Cl3N2O. The number of hydrogen-bond donors (Lipinski definition) is 0. The summed E-state index contributed by atoms with van der Waals surface area (Å²) < 4.78 is 0. The molecule has 0 radical (unpaired) electrons. The predicted molar refractivity (Wildman–Crippen MR) is 106 cm³/mol. The Kier molecular flexibility index (Phi) is 3.66. The quantitative estimate of drug-likeness (QED) is 0.596. The van der Waals surface area contributed by atoms with Crippen molar-refractivity contribution in [2.45, 2.75) is 62.4 Å². The molecule has 0 N–H and O–H groups in total. The van der Waals surface area contributed by atoms with Gasteiger partial charge in [0.2, 0.25) is 0 Å². The van der Waals surface area contributed by atoms with E-state index < -0.39 is 5.54 Å². The molecule has 0 spiro atoms. The first-order valence-corrected chi connectivity index (χ1v) is 10.6. The zero-order valence-electron chi connectivity index (χ0n) is 15.0. The molecule has 3 nitrogen and oxygen atoms in total. The molecule has 1 aromatic carbocycles. The molecule has 0 aromatic heterocycles. The second kappa shape index (κ2) is 5.46. The number of halogens is 3. The van der Waals surface area contributed by atoms with Crippen LogP contribution < -0.4 is 5.01 Å². The molecule has 1 heterocycles. The minimum Gasteiger partial charge on any atom is -0.270 e. The van der Waals surface area contributed by atoms with Gasteiger partial charge in [-0.3, -0.25) is 9.80 Å². The van der Waals surface area contributed by atoms with Crippen LogP contribution in [0.5, 0.6) is 0 Å². The maximum absolute atomic E-state index is 13.1. The SMILES string of the molecule is CC1(C)C(=O)N([C@H]2C3CC4CC2C[C@@](Cl)(C4)C3)N1c1cccc(Cl)c1Cl. The Bertz CT molecular complexity index is 779. The first-order valence-electron chi connectivity index (χ1n) is 9.48. The number of amides is 1. The molecule has 5 fully saturated rings. The molecule has 1 aliphatic heterocycles. The summed E-state index contributed by atoms with van der Waals surface area (Å²) in [6, 6.07) is 5.86. The van der Waals surface area contributed by atoms with E-state index in [9.17, 15) is 4.79 Å². The molecule has 2 atom stereocenters. The van der Waals surface area contributed by atoms with Gasteiger partial charge < -0.3 is 0 Å². The first kappa shape index (κ1) is 17.5. The fraction of sp³-hybridized carbons (Fsp3) is 0.650. The number of carbonyl (C=O) groups is 1. The maximum Gasteiger partial charge on any atom is 0.268 e. The Balaban J connectivity index is 1.54. The van der Waals surface area contributed by atoms with Crippen molar-refractivity contribution < 1.29 is 4.79 Å². The summed E-state index contributed by atoms with van der Waals surface area (Å²) in [4.78, 5) is 13.1. The number of hydrogen-bond acceptors (Lipinski definition) is 2. The Labute approximate surface area is 169 Å². The van der Waals surface area contributed by atoms with Crippen LogP contribution in [0.15, 0.2) is 18.2 Å². The summed E-state index contributed by atoms with van der Waals surface area (Å²) in [6.45, 7) is 3.92. The highest BCUT2D eigenvalue weighted by molar-refractivity contribution is 6.43. The second-order valence-corrected chi connectivity index (χ2v) is 10.8. The van der Waals surface area contributed by atoms with Crippen molar-refractivity contribution in [1.29, 1.82) is 0 Å². The minimum absolute atomic E-state index is 0.0328. The first-order chi connectivity index (χ1) is 12.2. The molecule has 1 saturated heterocycles. The average Bonchev–Trinajstić information content (AvgIpc) is 2.55. The van der Waals surface area contributed by atoms with E-state index >= 15 is 0 Å². The van der Waals surface area contributed by atoms with E-state index in [-0.39, 0.29) is 16.8 Å². The average molecular weight is 414 g/mol. The van der Waals surface area contributed by atoms with Crippen LogP contribution in [0, 0.1) is 17.8 Å². The van der Waals surface area contributed by atoms with Crippen LogP contribution in [0.2, 0.25) is 10.0 Å². The lowest BCUT2D eigenvalue weighted by molar-refractivity contribution is -0.169. The highest BCUT2D eigenvalue weighted by atomic mass is 35.5. The van der Waals surface area contributed by atoms with Gasteiger partial charge in [-0.25, -0.2) is 5.01 Å². The summed E-state index contributed by atoms with van der Waals surface area (Å²) >= 11 is 19.7. The van der Waals surface area contributed by atoms with Crippen molar-refractivity contribution in [3.05, 3.63) is 28.2 Å². The predicted octanol–water partition coefficient (Wildman–Crippen LogP) is 5.52. The third-order valence-corrected chi connectivity index (χ3v) is 8.34. The van der Waals surface area contributed by atoms with Crippen LogP contribution in [-0.4, -0.2) is 27.4 Å². The zero-order valence-corrected chi connectivity index (χ0v) is 17.3. The van der Waals surface area contributed by atoms with Gasteiger partial charge >= 0.3 is 0 Å². The van der Waals surface area contributed by atoms with Gasteiger partial charge in [0.05, 0.1) is 21.8 Å². The fourth-order valence-corrected chi connectivity index (χ4v) is 7.32. The molecule has 26 heavy (non-hydrogen) atoms. The van der Waals surface area contributed by atoms with Gasteiger partial charge in [0.15, 0.2) is 0 Å². The number of nitrogens with zero attached hydrogens (tertiary/aromatic N) is 2. The molecule has 6 heteroatoms. The van der Waals surface area contributed by atoms with Crippen LogP contribution in [0.3, 0.4) is 0 Å². The zero-order chi connectivity index (χ0) is 18.4. The third kappa shape index (κ3) is 2.23. The van der Waals surface area contributed by atoms with Gasteiger partial charge in [-0.15, -0.1) is 11.6 Å². The Morgan fingerprint density at radius 3 is 2.35 bits per heavy atom. The van der Waals surface area contributed by atoms with Gasteiger partial charge in [0.1, 0.15) is 5.54 Å². The molecule has 1 amide bonds. The van der Waals surface area contributed by atoms with Gasteiger partial charge in [0.25, 0.3) is 5.91 Å². The standard InChI is InChI=1S/C20H23Cl3N2O/c1-19(2)18(26)24(25(19)15-5-3-4-14(21)16(15)22)17-12-6-11-7-13(17)10-20(23,8-11)9-12/h3-5,11-13,17H,6-10H2,1-2H3/t11?,12?,13?,17-,20+. The number of carbonyl (C=O) groups excluding carboxylic acids is 1. The van der Waals surface area contributed by atoms with Crippen molar-refractivity contribution in [1.82, 2.24) is 5.01 Å². The van der Waals surface area contributed by atoms with Crippen LogP contribution in [-0.2, 0) is 4.79 Å². The lowest BCUT2D eigenvalue weighted by Gasteiger charge is -2.67. The summed E-state index contributed by atoms with van der Waals surface area (Å²) in [5.41, 5.74) is 0.208. The number of rotatable bonds is 2.